The molecule has 1 rings (SSSR count). The number of nitro groups is 2. The molecule has 0 unspecified atom stereocenters. The Hall–Kier alpha value is -2.38. The molecule has 8 heteroatoms. The van der Waals surface area contributed by atoms with Gasteiger partial charge in [0, 0.05) is 6.07 Å². The molecule has 0 aromatic heterocycles. The maximum Gasteiger partial charge on any atom is 0.344 e. The highest BCUT2D eigenvalue weighted by molar-refractivity contribution is 5.38. The second kappa shape index (κ2) is 6.38. The maximum atomic E-state index is 10.2. The lowest BCUT2D eigenvalue weighted by molar-refractivity contribution is -0.514. The lowest BCUT2D eigenvalue weighted by atomic mass is 10.1. The molecule has 8 nitrogen and oxygen atoms in total. The highest BCUT2D eigenvalue weighted by Gasteiger charge is 2.06. The molecular formula is C10H12N2O6. The van der Waals surface area contributed by atoms with Gasteiger partial charge in [0.2, 0.25) is 0 Å². The zero-order chi connectivity index (χ0) is 13.5. The predicted molar refractivity (Wildman–Crippen MR) is 60.8 cm³/mol. The third kappa shape index (κ3) is 4.64. The van der Waals surface area contributed by atoms with Gasteiger partial charge in [-0.25, -0.2) is 0 Å². The fraction of sp³-hybridized carbons (Fsp3) is 0.400. The molecule has 1 aromatic rings. The smallest absolute Gasteiger partial charge is 0.344 e. The van der Waals surface area contributed by atoms with Gasteiger partial charge in [-0.1, -0.05) is 6.92 Å². The van der Waals surface area contributed by atoms with Gasteiger partial charge >= 0.3 is 13.5 Å². The molecule has 0 saturated heterocycles. The molecule has 98 valence electrons. The Labute approximate surface area is 102 Å². The van der Waals surface area contributed by atoms with Crippen LogP contribution in [0, 0.1) is 20.2 Å². The van der Waals surface area contributed by atoms with E-state index in [0.29, 0.717) is 6.42 Å². The van der Waals surface area contributed by atoms with E-state index >= 15 is 0 Å². The fourth-order valence-corrected chi connectivity index (χ4v) is 1.26. The molecule has 0 aliphatic carbocycles. The second-order valence-electron chi connectivity index (χ2n) is 3.38. The number of aryl methyl sites for hydroxylation is 1. The molecular weight excluding hydrogens is 244 g/mol. The number of benzene rings is 1. The van der Waals surface area contributed by atoms with Crippen LogP contribution < -0.4 is 9.47 Å². The summed E-state index contributed by atoms with van der Waals surface area (Å²) in [5.41, 5.74) is 0.814. The van der Waals surface area contributed by atoms with Crippen LogP contribution in [0.4, 0.5) is 0 Å². The minimum atomic E-state index is -0.665. The molecule has 0 N–H and O–H groups in total. The van der Waals surface area contributed by atoms with Gasteiger partial charge < -0.3 is 9.47 Å². The molecule has 1 aromatic carbocycles. The van der Waals surface area contributed by atoms with Crippen molar-refractivity contribution in [3.05, 3.63) is 44.0 Å². The van der Waals surface area contributed by atoms with E-state index in [2.05, 4.69) is 0 Å². The van der Waals surface area contributed by atoms with Crippen molar-refractivity contribution in [2.45, 2.75) is 13.3 Å². The molecule has 0 heterocycles. The average molecular weight is 256 g/mol. The summed E-state index contributed by atoms with van der Waals surface area (Å²) in [6.07, 6.45) is 0.657. The molecule has 0 spiro atoms. The van der Waals surface area contributed by atoms with E-state index < -0.39 is 23.3 Å². The van der Waals surface area contributed by atoms with E-state index in [1.165, 1.54) is 6.07 Å². The van der Waals surface area contributed by atoms with Gasteiger partial charge in [-0.05, 0) is 24.1 Å². The van der Waals surface area contributed by atoms with Crippen molar-refractivity contribution in [3.8, 4) is 11.5 Å². The van der Waals surface area contributed by atoms with Gasteiger partial charge in [0.1, 0.15) is 11.5 Å². The number of ether oxygens (including phenoxy) is 2. The molecule has 0 aliphatic rings. The number of hydrogen-bond donors (Lipinski definition) is 0. The minimum absolute atomic E-state index is 0.254. The van der Waals surface area contributed by atoms with Crippen LogP contribution in [0.3, 0.4) is 0 Å². The largest absolute Gasteiger partial charge is 0.432 e. The Morgan fingerprint density at radius 1 is 1.00 bits per heavy atom. The van der Waals surface area contributed by atoms with Crippen LogP contribution in [0.15, 0.2) is 18.2 Å². The van der Waals surface area contributed by atoms with E-state index in [-0.39, 0.29) is 11.5 Å². The topological polar surface area (TPSA) is 105 Å². The Morgan fingerprint density at radius 3 is 1.78 bits per heavy atom. The first-order valence-electron chi connectivity index (χ1n) is 5.14. The number of rotatable bonds is 7. The third-order valence-electron chi connectivity index (χ3n) is 2.02. The molecule has 0 atom stereocenters. The van der Waals surface area contributed by atoms with Gasteiger partial charge in [0.15, 0.2) is 0 Å². The SMILES string of the molecule is CCc1cc(OC[N+](=O)[O-])cc(OC[N+](=O)[O-])c1. The molecule has 0 radical (unpaired) electrons. The molecule has 0 saturated carbocycles. The Bertz CT molecular complexity index is 412. The predicted octanol–water partition coefficient (Wildman–Crippen LogP) is 1.47. The van der Waals surface area contributed by atoms with Crippen molar-refractivity contribution in [1.29, 1.82) is 0 Å². The highest BCUT2D eigenvalue weighted by atomic mass is 16.7. The van der Waals surface area contributed by atoms with E-state index in [4.69, 9.17) is 9.47 Å². The van der Waals surface area contributed by atoms with E-state index in [9.17, 15) is 20.2 Å². The summed E-state index contributed by atoms with van der Waals surface area (Å²) in [5.74, 6) is 0.508. The van der Waals surface area contributed by atoms with E-state index in [0.717, 1.165) is 5.56 Å². The highest BCUT2D eigenvalue weighted by Crippen LogP contribution is 2.23. The van der Waals surface area contributed by atoms with Gasteiger partial charge in [-0.2, -0.15) is 0 Å². The Morgan fingerprint density at radius 2 is 1.44 bits per heavy atom. The van der Waals surface area contributed by atoms with E-state index in [1.807, 2.05) is 6.92 Å². The summed E-state index contributed by atoms with van der Waals surface area (Å²) in [7, 11) is 0. The van der Waals surface area contributed by atoms with Crippen molar-refractivity contribution in [2.75, 3.05) is 13.5 Å². The number of nitrogens with zero attached hydrogens (tertiary/aromatic N) is 2. The standard InChI is InChI=1S/C10H12N2O6/c1-2-8-3-9(17-6-11(13)14)5-10(4-8)18-7-12(15)16/h3-5H,2,6-7H2,1H3. The summed E-state index contributed by atoms with van der Waals surface area (Å²) in [6, 6.07) is 4.64. The molecule has 0 amide bonds. The maximum absolute atomic E-state index is 10.2. The van der Waals surface area contributed by atoms with Crippen LogP contribution in [0.5, 0.6) is 11.5 Å². The van der Waals surface area contributed by atoms with Crippen LogP contribution in [0.2, 0.25) is 0 Å². The molecule has 0 aliphatic heterocycles. The lowest BCUT2D eigenvalue weighted by Gasteiger charge is -2.07. The molecule has 18 heavy (non-hydrogen) atoms. The first-order chi connectivity index (χ1) is 8.51. The van der Waals surface area contributed by atoms with Crippen LogP contribution >= 0.6 is 0 Å². The number of hydrogen-bond acceptors (Lipinski definition) is 6. The van der Waals surface area contributed by atoms with Crippen LogP contribution in [-0.2, 0) is 6.42 Å². The minimum Gasteiger partial charge on any atom is -0.432 e. The first-order valence-corrected chi connectivity index (χ1v) is 5.14. The summed E-state index contributed by atoms with van der Waals surface area (Å²) < 4.78 is 9.82. The molecule has 0 fully saturated rings. The van der Waals surface area contributed by atoms with Crippen molar-refractivity contribution in [3.63, 3.8) is 0 Å². The monoisotopic (exact) mass is 256 g/mol. The lowest BCUT2D eigenvalue weighted by Crippen LogP contribution is -2.10. The van der Waals surface area contributed by atoms with E-state index in [1.54, 1.807) is 12.1 Å². The molecule has 0 bridgehead atoms. The van der Waals surface area contributed by atoms with Crippen LogP contribution in [-0.4, -0.2) is 23.3 Å². The Balaban J connectivity index is 2.80. The average Bonchev–Trinajstić information content (AvgIpc) is 2.33. The summed E-state index contributed by atoms with van der Waals surface area (Å²) >= 11 is 0. The zero-order valence-electron chi connectivity index (χ0n) is 9.70. The zero-order valence-corrected chi connectivity index (χ0v) is 9.70. The second-order valence-corrected chi connectivity index (χ2v) is 3.38. The van der Waals surface area contributed by atoms with Gasteiger partial charge in [0.05, 0.1) is 9.85 Å². The summed E-state index contributed by atoms with van der Waals surface area (Å²) in [4.78, 5) is 19.1. The van der Waals surface area contributed by atoms with Crippen molar-refractivity contribution in [1.82, 2.24) is 0 Å². The van der Waals surface area contributed by atoms with Crippen molar-refractivity contribution < 1.29 is 19.3 Å². The Kier molecular flexibility index (Phi) is 4.85. The first kappa shape index (κ1) is 13.7. The third-order valence-corrected chi connectivity index (χ3v) is 2.02. The van der Waals surface area contributed by atoms with Gasteiger partial charge in [0.25, 0.3) is 0 Å². The van der Waals surface area contributed by atoms with Crippen LogP contribution in [0.25, 0.3) is 0 Å². The van der Waals surface area contributed by atoms with Gasteiger partial charge in [-0.3, -0.25) is 20.2 Å². The van der Waals surface area contributed by atoms with Crippen molar-refractivity contribution >= 4 is 0 Å². The fourth-order valence-electron chi connectivity index (χ4n) is 1.26. The van der Waals surface area contributed by atoms with Gasteiger partial charge in [-0.15, -0.1) is 0 Å². The normalized spacial score (nSPS) is 9.83. The van der Waals surface area contributed by atoms with Crippen molar-refractivity contribution in [2.24, 2.45) is 0 Å². The summed E-state index contributed by atoms with van der Waals surface area (Å²) in [5, 5.41) is 20.4. The summed E-state index contributed by atoms with van der Waals surface area (Å²) in [6.45, 7) is 0.549. The van der Waals surface area contributed by atoms with Crippen LogP contribution in [0.1, 0.15) is 12.5 Å². The quantitative estimate of drug-likeness (QED) is 0.415.